The molecule has 1 saturated heterocycles. The molecule has 0 aliphatic carbocycles. The minimum absolute atomic E-state index is 0.121. The summed E-state index contributed by atoms with van der Waals surface area (Å²) >= 11 is 0. The number of aryl methyl sites for hydroxylation is 1. The van der Waals surface area contributed by atoms with Crippen molar-refractivity contribution in [1.82, 2.24) is 10.6 Å². The zero-order valence-electron chi connectivity index (χ0n) is 8.92. The van der Waals surface area contributed by atoms with Crippen LogP contribution in [0.4, 0.5) is 0 Å². The summed E-state index contributed by atoms with van der Waals surface area (Å²) in [4.78, 5) is 11.6. The molecule has 1 fully saturated rings. The normalized spacial score (nSPS) is 15.8. The van der Waals surface area contributed by atoms with E-state index in [9.17, 15) is 4.79 Å². The van der Waals surface area contributed by atoms with Gasteiger partial charge in [0.25, 0.3) is 0 Å². The van der Waals surface area contributed by atoms with Gasteiger partial charge in [-0.05, 0) is 18.1 Å². The number of amides is 1. The Bertz CT molecular complexity index is 358. The van der Waals surface area contributed by atoms with Gasteiger partial charge in [-0.2, -0.15) is 0 Å². The van der Waals surface area contributed by atoms with Crippen LogP contribution in [-0.4, -0.2) is 25.0 Å². The Morgan fingerprint density at radius 2 is 2.20 bits per heavy atom. The second kappa shape index (κ2) is 4.45. The van der Waals surface area contributed by atoms with Gasteiger partial charge < -0.3 is 10.6 Å². The highest BCUT2D eigenvalue weighted by molar-refractivity contribution is 5.79. The summed E-state index contributed by atoms with van der Waals surface area (Å²) in [5.41, 5.74) is 2.29. The number of rotatable bonds is 3. The number of benzene rings is 1. The average molecular weight is 204 g/mol. The lowest BCUT2D eigenvalue weighted by atomic mass is 10.1. The van der Waals surface area contributed by atoms with Crippen molar-refractivity contribution in [2.75, 3.05) is 13.1 Å². The molecule has 1 aliphatic rings. The van der Waals surface area contributed by atoms with Crippen LogP contribution in [-0.2, 0) is 11.2 Å². The molecule has 0 saturated carbocycles. The van der Waals surface area contributed by atoms with Crippen LogP contribution >= 0.6 is 0 Å². The first-order chi connectivity index (χ1) is 7.25. The lowest BCUT2D eigenvalue weighted by Crippen LogP contribution is -2.57. The number of hydrogen-bond donors (Lipinski definition) is 2. The van der Waals surface area contributed by atoms with Crippen molar-refractivity contribution >= 4 is 5.91 Å². The van der Waals surface area contributed by atoms with Crippen molar-refractivity contribution in [1.29, 1.82) is 0 Å². The molecular formula is C12H16N2O. The van der Waals surface area contributed by atoms with E-state index in [0.29, 0.717) is 12.5 Å². The first kappa shape index (κ1) is 10.2. The van der Waals surface area contributed by atoms with Crippen LogP contribution in [0.25, 0.3) is 0 Å². The highest BCUT2D eigenvalue weighted by Crippen LogP contribution is 2.07. The lowest BCUT2D eigenvalue weighted by Gasteiger charge is -2.28. The smallest absolute Gasteiger partial charge is 0.224 e. The molecule has 0 spiro atoms. The van der Waals surface area contributed by atoms with Crippen LogP contribution in [0.15, 0.2) is 24.3 Å². The molecular weight excluding hydrogens is 188 g/mol. The standard InChI is InChI=1S/C12H16N2O/c1-9-4-2-3-5-10(9)6-12(15)14-11-7-13-8-11/h2-5,11,13H,6-8H2,1H3,(H,14,15). The van der Waals surface area contributed by atoms with Crippen molar-refractivity contribution in [3.63, 3.8) is 0 Å². The molecule has 80 valence electrons. The van der Waals surface area contributed by atoms with E-state index < -0.39 is 0 Å². The van der Waals surface area contributed by atoms with E-state index in [1.807, 2.05) is 31.2 Å². The highest BCUT2D eigenvalue weighted by atomic mass is 16.1. The maximum absolute atomic E-state index is 11.6. The van der Waals surface area contributed by atoms with E-state index >= 15 is 0 Å². The van der Waals surface area contributed by atoms with Crippen molar-refractivity contribution in [3.05, 3.63) is 35.4 Å². The molecule has 15 heavy (non-hydrogen) atoms. The Morgan fingerprint density at radius 1 is 1.47 bits per heavy atom. The summed E-state index contributed by atoms with van der Waals surface area (Å²) in [7, 11) is 0. The molecule has 0 unspecified atom stereocenters. The fourth-order valence-corrected chi connectivity index (χ4v) is 1.65. The molecule has 1 heterocycles. The lowest BCUT2D eigenvalue weighted by molar-refractivity contribution is -0.121. The van der Waals surface area contributed by atoms with Crippen LogP contribution in [0.3, 0.4) is 0 Å². The van der Waals surface area contributed by atoms with Crippen molar-refractivity contribution in [2.45, 2.75) is 19.4 Å². The molecule has 1 aromatic rings. The maximum Gasteiger partial charge on any atom is 0.224 e. The van der Waals surface area contributed by atoms with Crippen LogP contribution in [0.2, 0.25) is 0 Å². The zero-order valence-corrected chi connectivity index (χ0v) is 8.92. The van der Waals surface area contributed by atoms with Gasteiger partial charge in [-0.15, -0.1) is 0 Å². The zero-order chi connectivity index (χ0) is 10.7. The van der Waals surface area contributed by atoms with Crippen LogP contribution < -0.4 is 10.6 Å². The third-order valence-electron chi connectivity index (χ3n) is 2.76. The van der Waals surface area contributed by atoms with E-state index in [1.54, 1.807) is 0 Å². The Balaban J connectivity index is 1.90. The molecule has 1 aromatic carbocycles. The summed E-state index contributed by atoms with van der Waals surface area (Å²) in [6.07, 6.45) is 0.489. The molecule has 0 bridgehead atoms. The van der Waals surface area contributed by atoms with Crippen molar-refractivity contribution in [3.8, 4) is 0 Å². The maximum atomic E-state index is 11.6. The Labute approximate surface area is 89.9 Å². The third-order valence-corrected chi connectivity index (χ3v) is 2.76. The van der Waals surface area contributed by atoms with Gasteiger partial charge in [0.2, 0.25) is 5.91 Å². The Kier molecular flexibility index (Phi) is 3.02. The van der Waals surface area contributed by atoms with E-state index in [1.165, 1.54) is 5.56 Å². The molecule has 2 N–H and O–H groups in total. The van der Waals surface area contributed by atoms with E-state index in [2.05, 4.69) is 10.6 Å². The molecule has 3 heteroatoms. The summed E-state index contributed by atoms with van der Waals surface area (Å²) < 4.78 is 0. The first-order valence-electron chi connectivity index (χ1n) is 5.30. The van der Waals surface area contributed by atoms with Gasteiger partial charge in [0.05, 0.1) is 12.5 Å². The van der Waals surface area contributed by atoms with Crippen molar-refractivity contribution in [2.24, 2.45) is 0 Å². The van der Waals surface area contributed by atoms with E-state index in [0.717, 1.165) is 18.7 Å². The van der Waals surface area contributed by atoms with Gasteiger partial charge in [-0.3, -0.25) is 4.79 Å². The highest BCUT2D eigenvalue weighted by Gasteiger charge is 2.18. The summed E-state index contributed by atoms with van der Waals surface area (Å²) in [6, 6.07) is 8.34. The van der Waals surface area contributed by atoms with E-state index in [-0.39, 0.29) is 5.91 Å². The van der Waals surface area contributed by atoms with Crippen LogP contribution in [0.5, 0.6) is 0 Å². The third kappa shape index (κ3) is 2.57. The average Bonchev–Trinajstić information content (AvgIpc) is 2.16. The molecule has 1 amide bonds. The van der Waals surface area contributed by atoms with Crippen LogP contribution in [0, 0.1) is 6.92 Å². The fourth-order valence-electron chi connectivity index (χ4n) is 1.65. The van der Waals surface area contributed by atoms with Gasteiger partial charge in [0, 0.05) is 13.1 Å². The topological polar surface area (TPSA) is 41.1 Å². The first-order valence-corrected chi connectivity index (χ1v) is 5.30. The van der Waals surface area contributed by atoms with Gasteiger partial charge in [-0.25, -0.2) is 0 Å². The van der Waals surface area contributed by atoms with Crippen LogP contribution in [0.1, 0.15) is 11.1 Å². The SMILES string of the molecule is Cc1ccccc1CC(=O)NC1CNC1. The Hall–Kier alpha value is -1.35. The summed E-state index contributed by atoms with van der Waals surface area (Å²) in [5.74, 6) is 0.121. The second-order valence-corrected chi connectivity index (χ2v) is 4.03. The predicted octanol–water partition coefficient (Wildman–Crippen LogP) is 0.626. The number of hydrogen-bond acceptors (Lipinski definition) is 2. The molecule has 0 atom stereocenters. The van der Waals surface area contributed by atoms with Gasteiger partial charge in [0.15, 0.2) is 0 Å². The molecule has 0 aromatic heterocycles. The minimum Gasteiger partial charge on any atom is -0.351 e. The molecule has 1 aliphatic heterocycles. The fraction of sp³-hybridized carbons (Fsp3) is 0.417. The second-order valence-electron chi connectivity index (χ2n) is 4.03. The monoisotopic (exact) mass is 204 g/mol. The predicted molar refractivity (Wildman–Crippen MR) is 59.7 cm³/mol. The molecule has 3 nitrogen and oxygen atoms in total. The number of nitrogens with one attached hydrogen (secondary N) is 2. The van der Waals surface area contributed by atoms with Gasteiger partial charge in [0.1, 0.15) is 0 Å². The minimum atomic E-state index is 0.121. The largest absolute Gasteiger partial charge is 0.351 e. The Morgan fingerprint density at radius 3 is 2.80 bits per heavy atom. The summed E-state index contributed by atoms with van der Waals surface area (Å²) in [6.45, 7) is 3.84. The van der Waals surface area contributed by atoms with Gasteiger partial charge in [-0.1, -0.05) is 24.3 Å². The quantitative estimate of drug-likeness (QED) is 0.758. The van der Waals surface area contributed by atoms with E-state index in [4.69, 9.17) is 0 Å². The number of carbonyl (C=O) groups is 1. The summed E-state index contributed by atoms with van der Waals surface area (Å²) in [5, 5.41) is 6.12. The molecule has 2 rings (SSSR count). The molecule has 0 radical (unpaired) electrons. The number of carbonyl (C=O) groups excluding carboxylic acids is 1. The van der Waals surface area contributed by atoms with Crippen molar-refractivity contribution < 1.29 is 4.79 Å². The van der Waals surface area contributed by atoms with Gasteiger partial charge >= 0.3 is 0 Å².